The van der Waals surface area contributed by atoms with Gasteiger partial charge in [0.2, 0.25) is 5.95 Å². The fourth-order valence-electron chi connectivity index (χ4n) is 2.72. The molecule has 0 unspecified atom stereocenters. The van der Waals surface area contributed by atoms with Crippen molar-refractivity contribution in [2.45, 2.75) is 18.8 Å². The number of ether oxygens (including phenoxy) is 1. The van der Waals surface area contributed by atoms with E-state index >= 15 is 0 Å². The number of halogens is 2. The minimum absolute atomic E-state index is 0. The third kappa shape index (κ3) is 3.23. The summed E-state index contributed by atoms with van der Waals surface area (Å²) >= 11 is 0. The molecule has 0 aliphatic carbocycles. The Kier molecular flexibility index (Phi) is 5.37. The number of hydrogen-bond acceptors (Lipinski definition) is 4. The zero-order valence-corrected chi connectivity index (χ0v) is 13.5. The van der Waals surface area contributed by atoms with Gasteiger partial charge in [-0.15, -0.1) is 22.6 Å². The Bertz CT molecular complexity index is 611. The van der Waals surface area contributed by atoms with Crippen molar-refractivity contribution < 1.29 is 9.13 Å². The maximum Gasteiger partial charge on any atom is 0.231 e. The first kappa shape index (κ1) is 16.7. The van der Waals surface area contributed by atoms with Crippen LogP contribution in [0.15, 0.2) is 24.3 Å². The van der Waals surface area contributed by atoms with Crippen LogP contribution in [0.3, 0.4) is 0 Å². The van der Waals surface area contributed by atoms with Gasteiger partial charge in [0.25, 0.3) is 0 Å². The number of benzene rings is 1. The van der Waals surface area contributed by atoms with Crippen molar-refractivity contribution in [1.82, 2.24) is 14.8 Å². The van der Waals surface area contributed by atoms with E-state index in [1.807, 2.05) is 23.6 Å². The zero-order chi connectivity index (χ0) is 14.8. The van der Waals surface area contributed by atoms with E-state index in [-0.39, 0.29) is 18.2 Å². The first-order valence-corrected chi connectivity index (χ1v) is 7.13. The van der Waals surface area contributed by atoms with Gasteiger partial charge in [0.1, 0.15) is 11.6 Å². The molecule has 0 amide bonds. The molecule has 2 aromatic rings. The highest BCUT2D eigenvalue weighted by Gasteiger charge is 2.23. The van der Waals surface area contributed by atoms with Gasteiger partial charge in [-0.1, -0.05) is 0 Å². The van der Waals surface area contributed by atoms with E-state index in [4.69, 9.17) is 4.74 Å². The van der Waals surface area contributed by atoms with Gasteiger partial charge >= 0.3 is 0 Å². The Morgan fingerprint density at radius 1 is 1.18 bits per heavy atom. The van der Waals surface area contributed by atoms with E-state index in [9.17, 15) is 4.39 Å². The van der Waals surface area contributed by atoms with Crippen LogP contribution in [0.4, 0.5) is 16.0 Å². The van der Waals surface area contributed by atoms with Crippen LogP contribution in [-0.2, 0) is 11.8 Å². The molecule has 1 aliphatic heterocycles. The van der Waals surface area contributed by atoms with E-state index in [0.717, 1.165) is 43.5 Å². The summed E-state index contributed by atoms with van der Waals surface area (Å²) in [5.74, 6) is 1.89. The maximum atomic E-state index is 13.0. The normalized spacial score (nSPS) is 15.4. The van der Waals surface area contributed by atoms with Gasteiger partial charge in [0, 0.05) is 38.9 Å². The molecule has 0 N–H and O–H groups in total. The second kappa shape index (κ2) is 7.07. The summed E-state index contributed by atoms with van der Waals surface area (Å²) in [6, 6.07) is 6.36. The molecule has 0 spiro atoms. The smallest absolute Gasteiger partial charge is 0.231 e. The number of nitrogens with zero attached hydrogens (tertiary/aromatic N) is 4. The highest BCUT2D eigenvalue weighted by Crippen LogP contribution is 2.29. The van der Waals surface area contributed by atoms with Crippen LogP contribution >= 0.6 is 12.4 Å². The SMILES string of the molecule is CN(c1ccc(F)cc1)c1nnc(C2CCOCC2)n1C.Cl. The predicted octanol–water partition coefficient (Wildman–Crippen LogP) is 3.04. The van der Waals surface area contributed by atoms with Crippen molar-refractivity contribution in [2.75, 3.05) is 25.2 Å². The molecule has 1 aliphatic rings. The van der Waals surface area contributed by atoms with Gasteiger partial charge in [0.05, 0.1) is 0 Å². The zero-order valence-electron chi connectivity index (χ0n) is 12.7. The van der Waals surface area contributed by atoms with E-state index in [1.54, 1.807) is 12.1 Å². The first-order chi connectivity index (χ1) is 10.2. The van der Waals surface area contributed by atoms with Crippen LogP contribution in [0.25, 0.3) is 0 Å². The Hall–Kier alpha value is -1.66. The predicted molar refractivity (Wildman–Crippen MR) is 85.5 cm³/mol. The molecule has 1 saturated heterocycles. The highest BCUT2D eigenvalue weighted by molar-refractivity contribution is 5.85. The summed E-state index contributed by atoms with van der Waals surface area (Å²) in [6.07, 6.45) is 1.96. The highest BCUT2D eigenvalue weighted by atomic mass is 35.5. The molecule has 1 aromatic carbocycles. The van der Waals surface area contributed by atoms with Crippen molar-refractivity contribution in [2.24, 2.45) is 7.05 Å². The standard InChI is InChI=1S/C15H19FN4O.ClH/c1-19(13-5-3-12(16)4-6-13)15-18-17-14(20(15)2)11-7-9-21-10-8-11;/h3-6,11H,7-10H2,1-2H3;1H. The molecule has 0 radical (unpaired) electrons. The van der Waals surface area contributed by atoms with E-state index in [2.05, 4.69) is 10.2 Å². The van der Waals surface area contributed by atoms with Crippen LogP contribution < -0.4 is 4.90 Å². The number of aromatic nitrogens is 3. The molecule has 0 saturated carbocycles. The van der Waals surface area contributed by atoms with Gasteiger partial charge in [-0.05, 0) is 37.1 Å². The molecule has 2 heterocycles. The second-order valence-electron chi connectivity index (χ2n) is 5.34. The molecule has 5 nitrogen and oxygen atoms in total. The van der Waals surface area contributed by atoms with Crippen LogP contribution in [0.2, 0.25) is 0 Å². The third-order valence-electron chi connectivity index (χ3n) is 3.99. The van der Waals surface area contributed by atoms with Crippen LogP contribution in [0, 0.1) is 5.82 Å². The molecular formula is C15H20ClFN4O. The summed E-state index contributed by atoms with van der Waals surface area (Å²) in [5.41, 5.74) is 0.880. The molecule has 7 heteroatoms. The molecule has 1 aromatic heterocycles. The minimum Gasteiger partial charge on any atom is -0.381 e. The fraction of sp³-hybridized carbons (Fsp3) is 0.467. The summed E-state index contributed by atoms with van der Waals surface area (Å²) in [4.78, 5) is 1.91. The van der Waals surface area contributed by atoms with Gasteiger partial charge in [0.15, 0.2) is 0 Å². The molecule has 22 heavy (non-hydrogen) atoms. The largest absolute Gasteiger partial charge is 0.381 e. The van der Waals surface area contributed by atoms with Crippen LogP contribution in [0.5, 0.6) is 0 Å². The Balaban J connectivity index is 0.00000176. The van der Waals surface area contributed by atoms with Crippen molar-refractivity contribution >= 4 is 24.0 Å². The molecule has 120 valence electrons. The van der Waals surface area contributed by atoms with E-state index < -0.39 is 0 Å². The van der Waals surface area contributed by atoms with Crippen molar-refractivity contribution in [3.05, 3.63) is 35.9 Å². The molecule has 1 fully saturated rings. The lowest BCUT2D eigenvalue weighted by molar-refractivity contribution is 0.0830. The topological polar surface area (TPSA) is 43.2 Å². The van der Waals surface area contributed by atoms with Gasteiger partial charge in [-0.3, -0.25) is 4.57 Å². The van der Waals surface area contributed by atoms with Crippen LogP contribution in [-0.4, -0.2) is 35.0 Å². The lowest BCUT2D eigenvalue weighted by Crippen LogP contribution is -2.19. The van der Waals surface area contributed by atoms with Crippen molar-refractivity contribution in [3.8, 4) is 0 Å². The molecular weight excluding hydrogens is 307 g/mol. The molecule has 3 rings (SSSR count). The maximum absolute atomic E-state index is 13.0. The van der Waals surface area contributed by atoms with Gasteiger partial charge < -0.3 is 9.64 Å². The quantitative estimate of drug-likeness (QED) is 0.869. The van der Waals surface area contributed by atoms with Gasteiger partial charge in [-0.25, -0.2) is 4.39 Å². The Labute approximate surface area is 135 Å². The second-order valence-corrected chi connectivity index (χ2v) is 5.34. The average molecular weight is 327 g/mol. The third-order valence-corrected chi connectivity index (χ3v) is 3.99. The number of anilines is 2. The van der Waals surface area contributed by atoms with Crippen molar-refractivity contribution in [1.29, 1.82) is 0 Å². The fourth-order valence-corrected chi connectivity index (χ4v) is 2.72. The summed E-state index contributed by atoms with van der Waals surface area (Å²) in [6.45, 7) is 1.56. The lowest BCUT2D eigenvalue weighted by Gasteiger charge is -2.22. The average Bonchev–Trinajstić information content (AvgIpc) is 2.90. The van der Waals surface area contributed by atoms with Crippen LogP contribution in [0.1, 0.15) is 24.6 Å². The van der Waals surface area contributed by atoms with Crippen molar-refractivity contribution in [3.63, 3.8) is 0 Å². The Morgan fingerprint density at radius 2 is 1.82 bits per heavy atom. The van der Waals surface area contributed by atoms with E-state index in [1.165, 1.54) is 12.1 Å². The summed E-state index contributed by atoms with van der Waals surface area (Å²) < 4.78 is 20.4. The number of rotatable bonds is 3. The van der Waals surface area contributed by atoms with E-state index in [0.29, 0.717) is 5.92 Å². The first-order valence-electron chi connectivity index (χ1n) is 7.13. The molecule has 0 bridgehead atoms. The number of hydrogen-bond donors (Lipinski definition) is 0. The van der Waals surface area contributed by atoms with Gasteiger partial charge in [-0.2, -0.15) is 0 Å². The Morgan fingerprint density at radius 3 is 2.45 bits per heavy atom. The minimum atomic E-state index is -0.243. The lowest BCUT2D eigenvalue weighted by atomic mass is 10.00. The molecule has 0 atom stereocenters. The summed E-state index contributed by atoms with van der Waals surface area (Å²) in [5, 5.41) is 8.64. The monoisotopic (exact) mass is 326 g/mol. The summed E-state index contributed by atoms with van der Waals surface area (Å²) in [7, 11) is 3.88.